The molecule has 2 aliphatic heterocycles. The molecule has 170 valence electrons. The molecule has 0 saturated carbocycles. The fraction of sp³-hybridized carbons (Fsp3) is 0.588. The molecule has 30 heavy (non-hydrogen) atoms. The Labute approximate surface area is 191 Å². The number of nitrogens with zero attached hydrogens (tertiary/aromatic N) is 2. The second kappa shape index (κ2) is 10.6. The van der Waals surface area contributed by atoms with Crippen molar-refractivity contribution in [1.29, 1.82) is 0 Å². The van der Waals surface area contributed by atoms with E-state index in [0.29, 0.717) is 42.7 Å². The van der Waals surface area contributed by atoms with Crippen LogP contribution in [-0.2, 0) is 16.6 Å². The van der Waals surface area contributed by atoms with E-state index in [-0.39, 0.29) is 49.0 Å². The van der Waals surface area contributed by atoms with Crippen LogP contribution in [0.1, 0.15) is 12.0 Å². The Kier molecular flexibility index (Phi) is 8.73. The second-order valence-electron chi connectivity index (χ2n) is 6.77. The average molecular weight is 562 g/mol. The fourth-order valence-electron chi connectivity index (χ4n) is 3.21. The molecule has 1 atom stereocenters. The van der Waals surface area contributed by atoms with Crippen LogP contribution in [0.2, 0.25) is 0 Å². The lowest BCUT2D eigenvalue weighted by Gasteiger charge is -2.17. The molecule has 0 radical (unpaired) electrons. The molecule has 0 spiro atoms. The van der Waals surface area contributed by atoms with Crippen LogP contribution in [0.4, 0.5) is 8.78 Å². The Bertz CT molecular complexity index is 872. The Morgan fingerprint density at radius 3 is 2.63 bits per heavy atom. The molecular weight excluding hydrogens is 537 g/mol. The molecular formula is C17H25F2IN4O5S. The van der Waals surface area contributed by atoms with Gasteiger partial charge in [0.1, 0.15) is 5.75 Å². The highest BCUT2D eigenvalue weighted by atomic mass is 127. The molecule has 2 heterocycles. The smallest absolute Gasteiger partial charge is 0.387 e. The molecule has 1 unspecified atom stereocenters. The van der Waals surface area contributed by atoms with E-state index in [4.69, 9.17) is 9.47 Å². The van der Waals surface area contributed by atoms with Gasteiger partial charge < -0.3 is 24.8 Å². The lowest BCUT2D eigenvalue weighted by atomic mass is 10.1. The predicted molar refractivity (Wildman–Crippen MR) is 117 cm³/mol. The number of ether oxygens (including phenoxy) is 3. The largest absolute Gasteiger partial charge is 0.454 e. The minimum Gasteiger partial charge on any atom is -0.454 e. The van der Waals surface area contributed by atoms with E-state index < -0.39 is 16.6 Å². The molecule has 0 aromatic heterocycles. The fourth-order valence-corrected chi connectivity index (χ4v) is 4.13. The predicted octanol–water partition coefficient (Wildman–Crippen LogP) is 1.58. The number of guanidine groups is 1. The zero-order valence-electron chi connectivity index (χ0n) is 16.6. The van der Waals surface area contributed by atoms with E-state index in [1.165, 1.54) is 16.6 Å². The Hall–Kier alpha value is -1.61. The summed E-state index contributed by atoms with van der Waals surface area (Å²) in [4.78, 5) is 4.11. The Morgan fingerprint density at radius 2 is 2.03 bits per heavy atom. The maximum Gasteiger partial charge on any atom is 0.387 e. The summed E-state index contributed by atoms with van der Waals surface area (Å²) >= 11 is 0. The molecule has 1 fully saturated rings. The molecule has 0 bridgehead atoms. The van der Waals surface area contributed by atoms with Gasteiger partial charge in [-0.3, -0.25) is 4.99 Å². The molecule has 0 aliphatic carbocycles. The van der Waals surface area contributed by atoms with Crippen molar-refractivity contribution < 1.29 is 31.4 Å². The SMILES string of the molecule is CN=C(NCc1cc2c(cc1OC(F)F)OCO2)NCC1CCN(S(C)(=O)=O)C1.I. The summed E-state index contributed by atoms with van der Waals surface area (Å²) in [7, 11) is -1.60. The first kappa shape index (κ1) is 24.7. The van der Waals surface area contributed by atoms with Gasteiger partial charge in [-0.25, -0.2) is 12.7 Å². The Balaban J connectivity index is 0.00000320. The van der Waals surface area contributed by atoms with Crippen LogP contribution in [0, 0.1) is 5.92 Å². The number of alkyl halides is 2. The molecule has 9 nitrogen and oxygen atoms in total. The minimum absolute atomic E-state index is 0. The Morgan fingerprint density at radius 1 is 1.33 bits per heavy atom. The molecule has 13 heteroatoms. The zero-order chi connectivity index (χ0) is 21.0. The van der Waals surface area contributed by atoms with Crippen molar-refractivity contribution >= 4 is 40.0 Å². The highest BCUT2D eigenvalue weighted by molar-refractivity contribution is 14.0. The van der Waals surface area contributed by atoms with Crippen molar-refractivity contribution in [2.24, 2.45) is 10.9 Å². The highest BCUT2D eigenvalue weighted by Gasteiger charge is 2.28. The van der Waals surface area contributed by atoms with Crippen molar-refractivity contribution in [3.63, 3.8) is 0 Å². The first-order valence-electron chi connectivity index (χ1n) is 9.03. The van der Waals surface area contributed by atoms with Gasteiger partial charge in [0, 0.05) is 44.9 Å². The van der Waals surface area contributed by atoms with Gasteiger partial charge in [-0.05, 0) is 18.4 Å². The maximum absolute atomic E-state index is 12.7. The van der Waals surface area contributed by atoms with E-state index in [0.717, 1.165) is 6.42 Å². The van der Waals surface area contributed by atoms with Gasteiger partial charge in [-0.1, -0.05) is 0 Å². The number of hydrogen-bond acceptors (Lipinski definition) is 6. The van der Waals surface area contributed by atoms with Crippen LogP contribution in [-0.4, -0.2) is 65.0 Å². The highest BCUT2D eigenvalue weighted by Crippen LogP contribution is 2.38. The second-order valence-corrected chi connectivity index (χ2v) is 8.76. The number of rotatable bonds is 7. The van der Waals surface area contributed by atoms with Gasteiger partial charge >= 0.3 is 6.61 Å². The maximum atomic E-state index is 12.7. The standard InChI is InChI=1S/C17H24F2N4O5S.HI/c1-20-17(21-7-11-3-4-23(9-11)29(2,24)25)22-8-12-5-14-15(27-10-26-14)6-13(12)28-16(18)19;/h5-6,11,16H,3-4,7-10H2,1-2H3,(H2,20,21,22);1H. The molecule has 1 aromatic carbocycles. The van der Waals surface area contributed by atoms with Crippen LogP contribution in [0.3, 0.4) is 0 Å². The molecule has 1 aromatic rings. The number of fused-ring (bicyclic) bond motifs is 1. The topological polar surface area (TPSA) is 101 Å². The van der Waals surface area contributed by atoms with Crippen LogP contribution >= 0.6 is 24.0 Å². The van der Waals surface area contributed by atoms with Crippen molar-refractivity contribution in [3.8, 4) is 17.2 Å². The monoisotopic (exact) mass is 562 g/mol. The van der Waals surface area contributed by atoms with Crippen LogP contribution in [0.5, 0.6) is 17.2 Å². The zero-order valence-corrected chi connectivity index (χ0v) is 19.7. The van der Waals surface area contributed by atoms with E-state index in [1.807, 2.05) is 0 Å². The summed E-state index contributed by atoms with van der Waals surface area (Å²) in [6, 6.07) is 2.96. The number of halogens is 3. The molecule has 1 saturated heterocycles. The lowest BCUT2D eigenvalue weighted by Crippen LogP contribution is -2.40. The number of benzene rings is 1. The van der Waals surface area contributed by atoms with E-state index >= 15 is 0 Å². The third-order valence-corrected chi connectivity index (χ3v) is 5.99. The van der Waals surface area contributed by atoms with E-state index in [9.17, 15) is 17.2 Å². The summed E-state index contributed by atoms with van der Waals surface area (Å²) in [6.07, 6.45) is 1.96. The van der Waals surface area contributed by atoms with Crippen molar-refractivity contribution in [2.75, 3.05) is 39.7 Å². The van der Waals surface area contributed by atoms with Crippen LogP contribution < -0.4 is 24.8 Å². The van der Waals surface area contributed by atoms with E-state index in [1.54, 1.807) is 13.1 Å². The quantitative estimate of drug-likeness (QED) is 0.296. The van der Waals surface area contributed by atoms with Gasteiger partial charge in [0.05, 0.1) is 6.26 Å². The van der Waals surface area contributed by atoms with Gasteiger partial charge in [0.2, 0.25) is 16.8 Å². The molecule has 0 amide bonds. The van der Waals surface area contributed by atoms with Crippen molar-refractivity contribution in [3.05, 3.63) is 17.7 Å². The van der Waals surface area contributed by atoms with Gasteiger partial charge in [-0.15, -0.1) is 24.0 Å². The van der Waals surface area contributed by atoms with E-state index in [2.05, 4.69) is 20.4 Å². The summed E-state index contributed by atoms with van der Waals surface area (Å²) in [5.74, 6) is 1.42. The van der Waals surface area contributed by atoms with Gasteiger partial charge in [0.15, 0.2) is 17.5 Å². The summed E-state index contributed by atoms with van der Waals surface area (Å²) in [6.45, 7) is -1.28. The summed E-state index contributed by atoms with van der Waals surface area (Å²) in [5, 5.41) is 6.18. The average Bonchev–Trinajstić information content (AvgIpc) is 3.29. The van der Waals surface area contributed by atoms with Crippen LogP contribution in [0.15, 0.2) is 17.1 Å². The summed E-state index contributed by atoms with van der Waals surface area (Å²) in [5.41, 5.74) is 0.460. The number of nitrogens with one attached hydrogen (secondary N) is 2. The normalized spacial score (nSPS) is 19.0. The van der Waals surface area contributed by atoms with Crippen molar-refractivity contribution in [2.45, 2.75) is 19.6 Å². The lowest BCUT2D eigenvalue weighted by molar-refractivity contribution is -0.0505. The van der Waals surface area contributed by atoms with Crippen LogP contribution in [0.25, 0.3) is 0 Å². The number of hydrogen-bond donors (Lipinski definition) is 2. The first-order valence-corrected chi connectivity index (χ1v) is 10.9. The summed E-state index contributed by atoms with van der Waals surface area (Å²) < 4.78 is 65.2. The van der Waals surface area contributed by atoms with Crippen molar-refractivity contribution in [1.82, 2.24) is 14.9 Å². The molecule has 2 aliphatic rings. The minimum atomic E-state index is -3.18. The third kappa shape index (κ3) is 6.44. The molecule has 3 rings (SSSR count). The van der Waals surface area contributed by atoms with Gasteiger partial charge in [0.25, 0.3) is 0 Å². The molecule has 2 N–H and O–H groups in total. The number of sulfonamides is 1. The first-order chi connectivity index (χ1) is 13.8. The number of aliphatic imine (C=N–C) groups is 1. The van der Waals surface area contributed by atoms with Gasteiger partial charge in [-0.2, -0.15) is 8.78 Å². The third-order valence-electron chi connectivity index (χ3n) is 4.72.